The summed E-state index contributed by atoms with van der Waals surface area (Å²) in [7, 11) is 0. The molecule has 0 heterocycles. The molecule has 0 amide bonds. The van der Waals surface area contributed by atoms with Crippen LogP contribution in [0.2, 0.25) is 0 Å². The van der Waals surface area contributed by atoms with Crippen molar-refractivity contribution in [2.45, 2.75) is 19.8 Å². The van der Waals surface area contributed by atoms with Crippen LogP contribution in [0, 0.1) is 0 Å². The number of carbonyl (C=O) groups excluding carboxylic acids is 3. The van der Waals surface area contributed by atoms with Crippen LogP contribution in [0.3, 0.4) is 0 Å². The fourth-order valence-electron chi connectivity index (χ4n) is 2.10. The van der Waals surface area contributed by atoms with Crippen molar-refractivity contribution in [3.05, 3.63) is 71.3 Å². The first-order chi connectivity index (χ1) is 10.1. The third-order valence-corrected chi connectivity index (χ3v) is 3.10. The Morgan fingerprint density at radius 1 is 0.810 bits per heavy atom. The van der Waals surface area contributed by atoms with E-state index in [1.165, 1.54) is 6.92 Å². The van der Waals surface area contributed by atoms with Gasteiger partial charge in [0.25, 0.3) is 0 Å². The van der Waals surface area contributed by atoms with Crippen LogP contribution in [-0.2, 0) is 16.0 Å². The minimum atomic E-state index is -0.129. The molecule has 0 bridgehead atoms. The van der Waals surface area contributed by atoms with E-state index in [-0.39, 0.29) is 30.2 Å². The largest absolute Gasteiger partial charge is 0.300 e. The summed E-state index contributed by atoms with van der Waals surface area (Å²) < 4.78 is 0. The van der Waals surface area contributed by atoms with Crippen LogP contribution in [-0.4, -0.2) is 17.3 Å². The second-order valence-corrected chi connectivity index (χ2v) is 4.99. The van der Waals surface area contributed by atoms with Crippen molar-refractivity contribution in [1.29, 1.82) is 0 Å². The van der Waals surface area contributed by atoms with E-state index in [0.29, 0.717) is 11.1 Å². The third kappa shape index (κ3) is 4.21. The molecule has 0 aliphatic heterocycles. The Hall–Kier alpha value is -2.55. The van der Waals surface area contributed by atoms with Gasteiger partial charge in [-0.3, -0.25) is 14.4 Å². The molecule has 0 aliphatic carbocycles. The van der Waals surface area contributed by atoms with E-state index in [9.17, 15) is 14.4 Å². The Morgan fingerprint density at radius 3 is 1.95 bits per heavy atom. The lowest BCUT2D eigenvalue weighted by Crippen LogP contribution is -2.08. The first-order valence-electron chi connectivity index (χ1n) is 6.76. The molecular weight excluding hydrogens is 264 g/mol. The minimum Gasteiger partial charge on any atom is -0.300 e. The normalized spacial score (nSPS) is 10.1. The molecule has 0 saturated carbocycles. The number of Topliss-reactive ketones (excluding diaryl/α,β-unsaturated/α-hetero) is 2. The zero-order valence-electron chi connectivity index (χ0n) is 11.8. The summed E-state index contributed by atoms with van der Waals surface area (Å²) >= 11 is 0. The predicted octanol–water partition coefficient (Wildman–Crippen LogP) is 3.01. The average molecular weight is 280 g/mol. The lowest BCUT2D eigenvalue weighted by molar-refractivity contribution is -0.125. The van der Waals surface area contributed by atoms with Crippen LogP contribution in [0.5, 0.6) is 0 Å². The van der Waals surface area contributed by atoms with Gasteiger partial charge in [-0.15, -0.1) is 0 Å². The van der Waals surface area contributed by atoms with Crippen molar-refractivity contribution < 1.29 is 14.4 Å². The summed E-state index contributed by atoms with van der Waals surface area (Å²) in [4.78, 5) is 34.7. The van der Waals surface area contributed by atoms with E-state index < -0.39 is 0 Å². The van der Waals surface area contributed by atoms with Crippen molar-refractivity contribution in [1.82, 2.24) is 0 Å². The molecule has 3 nitrogen and oxygen atoms in total. The maximum Gasteiger partial charge on any atom is 0.193 e. The Kier molecular flexibility index (Phi) is 4.77. The Bertz CT molecular complexity index is 655. The SMILES string of the molecule is CC(=O)CC(=O)Cc1ccc(C(=O)c2ccccc2)cc1. The van der Waals surface area contributed by atoms with Crippen molar-refractivity contribution >= 4 is 17.3 Å². The quantitative estimate of drug-likeness (QED) is 0.603. The van der Waals surface area contributed by atoms with Gasteiger partial charge >= 0.3 is 0 Å². The lowest BCUT2D eigenvalue weighted by Gasteiger charge is -2.03. The molecule has 0 spiro atoms. The zero-order valence-corrected chi connectivity index (χ0v) is 11.8. The van der Waals surface area contributed by atoms with E-state index in [1.54, 1.807) is 36.4 Å². The number of ketones is 3. The molecule has 0 saturated heterocycles. The molecule has 2 rings (SSSR count). The number of hydrogen-bond donors (Lipinski definition) is 0. The third-order valence-electron chi connectivity index (χ3n) is 3.10. The zero-order chi connectivity index (χ0) is 15.2. The molecule has 0 N–H and O–H groups in total. The van der Waals surface area contributed by atoms with Gasteiger partial charge in [0.15, 0.2) is 5.78 Å². The molecular formula is C18H16O3. The monoisotopic (exact) mass is 280 g/mol. The summed E-state index contributed by atoms with van der Waals surface area (Å²) in [5, 5.41) is 0. The second-order valence-electron chi connectivity index (χ2n) is 4.99. The molecule has 106 valence electrons. The highest BCUT2D eigenvalue weighted by Gasteiger charge is 2.10. The first kappa shape index (κ1) is 14.9. The molecule has 21 heavy (non-hydrogen) atoms. The molecule has 0 fully saturated rings. The highest BCUT2D eigenvalue weighted by Crippen LogP contribution is 2.12. The van der Waals surface area contributed by atoms with Crippen LogP contribution in [0.1, 0.15) is 34.8 Å². The maximum atomic E-state index is 12.2. The lowest BCUT2D eigenvalue weighted by atomic mass is 10.00. The van der Waals surface area contributed by atoms with Crippen LogP contribution < -0.4 is 0 Å². The summed E-state index contributed by atoms with van der Waals surface area (Å²) in [5.74, 6) is -0.280. The van der Waals surface area contributed by atoms with E-state index >= 15 is 0 Å². The van der Waals surface area contributed by atoms with Gasteiger partial charge in [-0.25, -0.2) is 0 Å². The van der Waals surface area contributed by atoms with E-state index in [0.717, 1.165) is 5.56 Å². The molecule has 0 radical (unpaired) electrons. The van der Waals surface area contributed by atoms with Gasteiger partial charge in [-0.1, -0.05) is 54.6 Å². The maximum absolute atomic E-state index is 12.2. The second kappa shape index (κ2) is 6.75. The van der Waals surface area contributed by atoms with E-state index in [1.807, 2.05) is 18.2 Å². The number of hydrogen-bond acceptors (Lipinski definition) is 3. The molecule has 2 aromatic rings. The predicted molar refractivity (Wildman–Crippen MR) is 80.3 cm³/mol. The van der Waals surface area contributed by atoms with E-state index in [4.69, 9.17) is 0 Å². The highest BCUT2D eigenvalue weighted by atomic mass is 16.1. The summed E-state index contributed by atoms with van der Waals surface area (Å²) in [6.07, 6.45) is 0.185. The standard InChI is InChI=1S/C18H16O3/c1-13(19)11-17(20)12-14-7-9-16(10-8-14)18(21)15-5-3-2-4-6-15/h2-10H,11-12H2,1H3. The summed E-state index contributed by atoms with van der Waals surface area (Å²) in [5.41, 5.74) is 2.03. The molecule has 0 unspecified atom stereocenters. The van der Waals surface area contributed by atoms with Crippen molar-refractivity contribution in [3.63, 3.8) is 0 Å². The molecule has 3 heteroatoms. The fraction of sp³-hybridized carbons (Fsp3) is 0.167. The molecule has 0 aromatic heterocycles. The van der Waals surface area contributed by atoms with Crippen molar-refractivity contribution in [2.75, 3.05) is 0 Å². The van der Waals surface area contributed by atoms with Crippen LogP contribution >= 0.6 is 0 Å². The number of carbonyl (C=O) groups is 3. The average Bonchev–Trinajstić information content (AvgIpc) is 2.47. The van der Waals surface area contributed by atoms with Gasteiger partial charge in [0.1, 0.15) is 11.6 Å². The highest BCUT2D eigenvalue weighted by molar-refractivity contribution is 6.09. The Labute approximate surface area is 123 Å². The van der Waals surface area contributed by atoms with E-state index in [2.05, 4.69) is 0 Å². The summed E-state index contributed by atoms with van der Waals surface area (Å²) in [6.45, 7) is 1.40. The number of benzene rings is 2. The van der Waals surface area contributed by atoms with Gasteiger partial charge in [0.2, 0.25) is 0 Å². The fourth-order valence-corrected chi connectivity index (χ4v) is 2.10. The molecule has 2 aromatic carbocycles. The van der Waals surface area contributed by atoms with Gasteiger partial charge in [0.05, 0.1) is 6.42 Å². The van der Waals surface area contributed by atoms with Crippen LogP contribution in [0.15, 0.2) is 54.6 Å². The number of rotatable bonds is 6. The van der Waals surface area contributed by atoms with Crippen LogP contribution in [0.25, 0.3) is 0 Å². The van der Waals surface area contributed by atoms with Crippen molar-refractivity contribution in [3.8, 4) is 0 Å². The van der Waals surface area contributed by atoms with Gasteiger partial charge in [0, 0.05) is 17.5 Å². The van der Waals surface area contributed by atoms with Gasteiger partial charge < -0.3 is 0 Å². The smallest absolute Gasteiger partial charge is 0.193 e. The van der Waals surface area contributed by atoms with Crippen LogP contribution in [0.4, 0.5) is 0 Å². The first-order valence-corrected chi connectivity index (χ1v) is 6.76. The van der Waals surface area contributed by atoms with Gasteiger partial charge in [-0.2, -0.15) is 0 Å². The summed E-state index contributed by atoms with van der Waals surface area (Å²) in [6, 6.07) is 16.0. The molecule has 0 atom stereocenters. The van der Waals surface area contributed by atoms with Crippen molar-refractivity contribution in [2.24, 2.45) is 0 Å². The minimum absolute atomic E-state index is 0.0370. The molecule has 0 aliphatic rings. The van der Waals surface area contributed by atoms with Gasteiger partial charge in [-0.05, 0) is 12.5 Å². The topological polar surface area (TPSA) is 51.2 Å². The Morgan fingerprint density at radius 2 is 1.38 bits per heavy atom. The Balaban J connectivity index is 2.07.